The molecule has 1 atom stereocenters. The second-order valence-corrected chi connectivity index (χ2v) is 4.65. The summed E-state index contributed by atoms with van der Waals surface area (Å²) in [7, 11) is 1.86. The lowest BCUT2D eigenvalue weighted by Crippen LogP contribution is -2.24. The standard InChI is InChI=1S/C12H16ClN5/c1-8(2)18-11(9(13)7-17-18)10(14-3)12-15-5-4-6-16-12/h4-8,10,14H,1-3H3. The Morgan fingerprint density at radius 2 is 1.94 bits per heavy atom. The molecule has 2 heterocycles. The summed E-state index contributed by atoms with van der Waals surface area (Å²) >= 11 is 6.23. The van der Waals surface area contributed by atoms with Crippen LogP contribution in [0.2, 0.25) is 5.02 Å². The van der Waals surface area contributed by atoms with E-state index in [1.807, 2.05) is 11.7 Å². The molecule has 0 bridgehead atoms. The molecule has 0 saturated carbocycles. The molecule has 1 unspecified atom stereocenters. The minimum absolute atomic E-state index is 0.163. The van der Waals surface area contributed by atoms with Crippen LogP contribution >= 0.6 is 11.6 Å². The Labute approximate surface area is 111 Å². The molecule has 6 heteroatoms. The number of aromatic nitrogens is 4. The van der Waals surface area contributed by atoms with Gasteiger partial charge in [-0.3, -0.25) is 4.68 Å². The van der Waals surface area contributed by atoms with Gasteiger partial charge in [-0.05, 0) is 27.0 Å². The van der Waals surface area contributed by atoms with E-state index in [0.29, 0.717) is 10.8 Å². The molecule has 2 aromatic rings. The van der Waals surface area contributed by atoms with E-state index in [0.717, 1.165) is 5.69 Å². The number of halogens is 1. The third kappa shape index (κ3) is 2.37. The van der Waals surface area contributed by atoms with Gasteiger partial charge in [-0.2, -0.15) is 5.10 Å². The molecule has 2 aromatic heterocycles. The highest BCUT2D eigenvalue weighted by Gasteiger charge is 2.23. The Balaban J connectivity index is 2.48. The van der Waals surface area contributed by atoms with Crippen molar-refractivity contribution in [2.75, 3.05) is 7.05 Å². The predicted octanol–water partition coefficient (Wildman–Crippen LogP) is 2.22. The van der Waals surface area contributed by atoms with E-state index < -0.39 is 0 Å². The largest absolute Gasteiger partial charge is 0.305 e. The molecule has 0 aliphatic heterocycles. The Morgan fingerprint density at radius 3 is 2.50 bits per heavy atom. The van der Waals surface area contributed by atoms with Crippen molar-refractivity contribution in [1.82, 2.24) is 25.1 Å². The van der Waals surface area contributed by atoms with Crippen LogP contribution in [-0.2, 0) is 0 Å². The summed E-state index contributed by atoms with van der Waals surface area (Å²) in [5.41, 5.74) is 0.889. The van der Waals surface area contributed by atoms with Crippen molar-refractivity contribution in [2.45, 2.75) is 25.9 Å². The first-order valence-corrected chi connectivity index (χ1v) is 6.20. The Morgan fingerprint density at radius 1 is 1.28 bits per heavy atom. The normalized spacial score (nSPS) is 12.9. The zero-order valence-electron chi connectivity index (χ0n) is 10.6. The fraction of sp³-hybridized carbons (Fsp3) is 0.417. The quantitative estimate of drug-likeness (QED) is 0.921. The highest BCUT2D eigenvalue weighted by atomic mass is 35.5. The first-order chi connectivity index (χ1) is 8.65. The fourth-order valence-electron chi connectivity index (χ4n) is 1.88. The summed E-state index contributed by atoms with van der Waals surface area (Å²) in [5.74, 6) is 0.685. The van der Waals surface area contributed by atoms with Gasteiger partial charge >= 0.3 is 0 Å². The SMILES string of the molecule is CNC(c1ncccn1)c1c(Cl)cnn1C(C)C. The molecule has 0 amide bonds. The summed E-state index contributed by atoms with van der Waals surface area (Å²) in [6.45, 7) is 4.12. The van der Waals surface area contributed by atoms with Crippen molar-refractivity contribution in [3.05, 3.63) is 41.2 Å². The number of nitrogens with zero attached hydrogens (tertiary/aromatic N) is 4. The second kappa shape index (κ2) is 5.46. The monoisotopic (exact) mass is 265 g/mol. The van der Waals surface area contributed by atoms with Gasteiger partial charge < -0.3 is 5.32 Å². The van der Waals surface area contributed by atoms with Crippen LogP contribution < -0.4 is 5.32 Å². The van der Waals surface area contributed by atoms with Gasteiger partial charge in [0.05, 0.1) is 16.9 Å². The average molecular weight is 266 g/mol. The highest BCUT2D eigenvalue weighted by molar-refractivity contribution is 6.31. The van der Waals surface area contributed by atoms with Gasteiger partial charge in [-0.1, -0.05) is 11.6 Å². The molecule has 0 saturated heterocycles. The van der Waals surface area contributed by atoms with E-state index in [4.69, 9.17) is 11.6 Å². The number of nitrogens with one attached hydrogen (secondary N) is 1. The lowest BCUT2D eigenvalue weighted by atomic mass is 10.2. The zero-order chi connectivity index (χ0) is 13.1. The maximum Gasteiger partial charge on any atom is 0.151 e. The zero-order valence-corrected chi connectivity index (χ0v) is 11.4. The van der Waals surface area contributed by atoms with Crippen LogP contribution in [-0.4, -0.2) is 26.8 Å². The van der Waals surface area contributed by atoms with E-state index in [1.54, 1.807) is 24.7 Å². The predicted molar refractivity (Wildman–Crippen MR) is 70.6 cm³/mol. The number of rotatable bonds is 4. The lowest BCUT2D eigenvalue weighted by molar-refractivity contribution is 0.477. The molecule has 2 rings (SSSR count). The van der Waals surface area contributed by atoms with E-state index in [1.165, 1.54) is 0 Å². The molecule has 0 aliphatic carbocycles. The Bertz CT molecular complexity index is 508. The van der Waals surface area contributed by atoms with Crippen molar-refractivity contribution in [1.29, 1.82) is 0 Å². The molecule has 18 heavy (non-hydrogen) atoms. The summed E-state index contributed by atoms with van der Waals surface area (Å²) in [6, 6.07) is 1.85. The minimum Gasteiger partial charge on any atom is -0.305 e. The molecular formula is C12H16ClN5. The average Bonchev–Trinajstić information content (AvgIpc) is 2.74. The summed E-state index contributed by atoms with van der Waals surface area (Å²) < 4.78 is 1.89. The van der Waals surface area contributed by atoms with Crippen LogP contribution in [0, 0.1) is 0 Å². The molecule has 0 aromatic carbocycles. The maximum atomic E-state index is 6.23. The van der Waals surface area contributed by atoms with Gasteiger partial charge in [0.1, 0.15) is 6.04 Å². The second-order valence-electron chi connectivity index (χ2n) is 4.24. The fourth-order valence-corrected chi connectivity index (χ4v) is 2.12. The molecule has 0 spiro atoms. The molecule has 96 valence electrons. The smallest absolute Gasteiger partial charge is 0.151 e. The third-order valence-corrected chi connectivity index (χ3v) is 2.97. The van der Waals surface area contributed by atoms with Gasteiger partial charge in [0.15, 0.2) is 5.82 Å². The number of hydrogen-bond donors (Lipinski definition) is 1. The van der Waals surface area contributed by atoms with Crippen molar-refractivity contribution in [2.24, 2.45) is 0 Å². The van der Waals surface area contributed by atoms with Crippen molar-refractivity contribution < 1.29 is 0 Å². The lowest BCUT2D eigenvalue weighted by Gasteiger charge is -2.19. The van der Waals surface area contributed by atoms with Gasteiger partial charge in [-0.25, -0.2) is 9.97 Å². The maximum absolute atomic E-state index is 6.23. The van der Waals surface area contributed by atoms with Gasteiger partial charge in [0, 0.05) is 18.4 Å². The van der Waals surface area contributed by atoms with Crippen molar-refractivity contribution in [3.8, 4) is 0 Å². The summed E-state index contributed by atoms with van der Waals surface area (Å²) in [5, 5.41) is 8.11. The Hall–Kier alpha value is -1.46. The van der Waals surface area contributed by atoms with Crippen LogP contribution in [0.15, 0.2) is 24.7 Å². The van der Waals surface area contributed by atoms with E-state index >= 15 is 0 Å². The van der Waals surface area contributed by atoms with Crippen LogP contribution in [0.3, 0.4) is 0 Å². The van der Waals surface area contributed by atoms with Gasteiger partial charge in [-0.15, -0.1) is 0 Å². The topological polar surface area (TPSA) is 55.6 Å². The molecule has 0 fully saturated rings. The van der Waals surface area contributed by atoms with Gasteiger partial charge in [0.2, 0.25) is 0 Å². The van der Waals surface area contributed by atoms with E-state index in [9.17, 15) is 0 Å². The molecule has 1 N–H and O–H groups in total. The molecule has 5 nitrogen and oxygen atoms in total. The van der Waals surface area contributed by atoms with Crippen LogP contribution in [0.1, 0.15) is 37.4 Å². The molecule has 0 aliphatic rings. The van der Waals surface area contributed by atoms with Gasteiger partial charge in [0.25, 0.3) is 0 Å². The Kier molecular flexibility index (Phi) is 3.93. The van der Waals surface area contributed by atoms with E-state index in [-0.39, 0.29) is 12.1 Å². The van der Waals surface area contributed by atoms with Crippen molar-refractivity contribution in [3.63, 3.8) is 0 Å². The molecular weight excluding hydrogens is 250 g/mol. The molecule has 0 radical (unpaired) electrons. The number of hydrogen-bond acceptors (Lipinski definition) is 4. The van der Waals surface area contributed by atoms with Crippen LogP contribution in [0.4, 0.5) is 0 Å². The highest BCUT2D eigenvalue weighted by Crippen LogP contribution is 2.28. The van der Waals surface area contributed by atoms with Crippen LogP contribution in [0.5, 0.6) is 0 Å². The van der Waals surface area contributed by atoms with Crippen LogP contribution in [0.25, 0.3) is 0 Å². The van der Waals surface area contributed by atoms with E-state index in [2.05, 4.69) is 34.2 Å². The van der Waals surface area contributed by atoms with Crippen molar-refractivity contribution >= 4 is 11.6 Å². The third-order valence-electron chi connectivity index (χ3n) is 2.68. The minimum atomic E-state index is -0.163. The first kappa shape index (κ1) is 13.0. The summed E-state index contributed by atoms with van der Waals surface area (Å²) in [6.07, 6.45) is 5.09. The summed E-state index contributed by atoms with van der Waals surface area (Å²) in [4.78, 5) is 8.55. The first-order valence-electron chi connectivity index (χ1n) is 5.82.